The first-order valence-corrected chi connectivity index (χ1v) is 5.42. The molecule has 1 aromatic rings. The van der Waals surface area contributed by atoms with Gasteiger partial charge in [-0.1, -0.05) is 18.2 Å². The minimum Gasteiger partial charge on any atom is -0.858 e. The molecule has 0 fully saturated rings. The van der Waals surface area contributed by atoms with Gasteiger partial charge in [-0.25, -0.2) is 4.39 Å². The normalized spacial score (nSPS) is 13.8. The van der Waals surface area contributed by atoms with Crippen molar-refractivity contribution in [3.05, 3.63) is 35.6 Å². The van der Waals surface area contributed by atoms with Crippen LogP contribution in [-0.2, 0) is 10.0 Å². The van der Waals surface area contributed by atoms with Gasteiger partial charge in [0.15, 0.2) is 0 Å². The number of rotatable bonds is 2. The fraction of sp³-hybridized carbons (Fsp3) is 0.125. The van der Waals surface area contributed by atoms with Crippen LogP contribution in [0.4, 0.5) is 17.6 Å². The minimum absolute atomic E-state index is 0.795. The Labute approximate surface area is 93.3 Å². The molecule has 0 radical (unpaired) electrons. The topological polar surface area (TPSA) is 69.6 Å². The zero-order valence-electron chi connectivity index (χ0n) is 7.90. The fourth-order valence-corrected chi connectivity index (χ4v) is 1.26. The van der Waals surface area contributed by atoms with Crippen LogP contribution in [0.2, 0.25) is 0 Å². The zero-order chi connectivity index (χ0) is 13.3. The fourth-order valence-electron chi connectivity index (χ4n) is 0.845. The van der Waals surface area contributed by atoms with Gasteiger partial charge in [0.05, 0.1) is 0 Å². The Hall–Kier alpha value is -1.64. The summed E-state index contributed by atoms with van der Waals surface area (Å²) in [7, 11) is -5.95. The van der Waals surface area contributed by atoms with Crippen LogP contribution in [0.3, 0.4) is 0 Å². The summed E-state index contributed by atoms with van der Waals surface area (Å²) >= 11 is 0. The molecule has 1 rings (SSSR count). The Kier molecular flexibility index (Phi) is 3.41. The van der Waals surface area contributed by atoms with Gasteiger partial charge in [0.1, 0.15) is 5.82 Å². The second kappa shape index (κ2) is 4.32. The average Bonchev–Trinajstić information content (AvgIpc) is 2.15. The van der Waals surface area contributed by atoms with E-state index < -0.39 is 32.8 Å². The van der Waals surface area contributed by atoms with E-state index in [1.807, 2.05) is 4.40 Å². The number of hydrogen-bond acceptors (Lipinski definition) is 3. The predicted molar refractivity (Wildman–Crippen MR) is 47.9 cm³/mol. The van der Waals surface area contributed by atoms with Gasteiger partial charge in [0.25, 0.3) is 0 Å². The van der Waals surface area contributed by atoms with Crippen molar-refractivity contribution >= 4 is 15.9 Å². The molecular weight excluding hydrogens is 266 g/mol. The van der Waals surface area contributed by atoms with E-state index in [9.17, 15) is 31.1 Å². The first kappa shape index (κ1) is 13.4. The Morgan fingerprint density at radius 3 is 2.24 bits per heavy atom. The van der Waals surface area contributed by atoms with Crippen molar-refractivity contribution in [2.24, 2.45) is 4.40 Å². The van der Waals surface area contributed by atoms with Gasteiger partial charge in [-0.2, -0.15) is 26.0 Å². The first-order valence-electron chi connectivity index (χ1n) is 3.98. The molecule has 1 aromatic carbocycles. The summed E-state index contributed by atoms with van der Waals surface area (Å²) in [6.07, 6.45) is 0. The van der Waals surface area contributed by atoms with Crippen LogP contribution >= 0.6 is 0 Å². The summed E-state index contributed by atoms with van der Waals surface area (Å²) in [6.45, 7) is 0. The van der Waals surface area contributed by atoms with Crippen LogP contribution < -0.4 is 5.11 Å². The van der Waals surface area contributed by atoms with Crippen molar-refractivity contribution in [3.8, 4) is 0 Å². The van der Waals surface area contributed by atoms with Crippen molar-refractivity contribution < 1.29 is 31.1 Å². The van der Waals surface area contributed by atoms with Gasteiger partial charge in [0.2, 0.25) is 0 Å². The van der Waals surface area contributed by atoms with E-state index in [0.29, 0.717) is 0 Å². The third kappa shape index (κ3) is 2.93. The highest BCUT2D eigenvalue weighted by molar-refractivity contribution is 7.91. The molecule has 0 atom stereocenters. The average molecular weight is 270 g/mol. The molecule has 4 nitrogen and oxygen atoms in total. The highest BCUT2D eigenvalue weighted by atomic mass is 32.2. The molecule has 0 unspecified atom stereocenters. The Morgan fingerprint density at radius 1 is 1.24 bits per heavy atom. The SMILES string of the molecule is O=S(=O)(/N=C(\[O-])c1ccccc1F)C(F)(F)F. The smallest absolute Gasteiger partial charge is 0.518 e. The molecule has 0 amide bonds. The van der Waals surface area contributed by atoms with E-state index in [2.05, 4.69) is 0 Å². The Balaban J connectivity index is 3.24. The standard InChI is InChI=1S/C8H5F4NO3S/c9-6-4-2-1-3-5(6)7(14)13-17(15,16)8(10,11)12/h1-4H,(H,13,14)/p-1. The largest absolute Gasteiger partial charge is 0.858 e. The molecule has 0 bridgehead atoms. The van der Waals surface area contributed by atoms with Crippen molar-refractivity contribution in [2.75, 3.05) is 0 Å². The lowest BCUT2D eigenvalue weighted by Gasteiger charge is -2.12. The van der Waals surface area contributed by atoms with Crippen molar-refractivity contribution in [2.45, 2.75) is 5.51 Å². The van der Waals surface area contributed by atoms with E-state index in [1.54, 1.807) is 0 Å². The Bertz CT molecular complexity index is 550. The molecule has 0 aliphatic carbocycles. The number of benzene rings is 1. The van der Waals surface area contributed by atoms with Crippen LogP contribution in [0.25, 0.3) is 0 Å². The molecule has 0 saturated heterocycles. The number of sulfonamides is 1. The lowest BCUT2D eigenvalue weighted by atomic mass is 10.2. The summed E-state index contributed by atoms with van der Waals surface area (Å²) in [5.74, 6) is -2.96. The minimum atomic E-state index is -5.95. The van der Waals surface area contributed by atoms with E-state index in [1.165, 1.54) is 6.07 Å². The number of halogens is 4. The van der Waals surface area contributed by atoms with Crippen LogP contribution in [-0.4, -0.2) is 19.8 Å². The summed E-state index contributed by atoms with van der Waals surface area (Å²) in [4.78, 5) is 0. The highest BCUT2D eigenvalue weighted by Gasteiger charge is 2.45. The lowest BCUT2D eigenvalue weighted by molar-refractivity contribution is -0.212. The monoisotopic (exact) mass is 270 g/mol. The predicted octanol–water partition coefficient (Wildman–Crippen LogP) is 0.782. The van der Waals surface area contributed by atoms with Crippen LogP contribution in [0, 0.1) is 5.82 Å². The van der Waals surface area contributed by atoms with Gasteiger partial charge >= 0.3 is 15.5 Å². The highest BCUT2D eigenvalue weighted by Crippen LogP contribution is 2.25. The van der Waals surface area contributed by atoms with E-state index in [-0.39, 0.29) is 0 Å². The third-order valence-electron chi connectivity index (χ3n) is 1.60. The van der Waals surface area contributed by atoms with Gasteiger partial charge in [-0.3, -0.25) is 0 Å². The third-order valence-corrected chi connectivity index (χ3v) is 2.59. The van der Waals surface area contributed by atoms with E-state index in [4.69, 9.17) is 0 Å². The van der Waals surface area contributed by atoms with Gasteiger partial charge < -0.3 is 5.11 Å². The molecule has 0 N–H and O–H groups in total. The molecule has 9 heteroatoms. The van der Waals surface area contributed by atoms with Gasteiger partial charge in [-0.05, 0) is 6.07 Å². The number of hydrogen-bond donors (Lipinski definition) is 0. The zero-order valence-corrected chi connectivity index (χ0v) is 8.72. The second-order valence-corrected chi connectivity index (χ2v) is 4.39. The van der Waals surface area contributed by atoms with Crippen LogP contribution in [0.15, 0.2) is 28.7 Å². The van der Waals surface area contributed by atoms with Crippen LogP contribution in [0.1, 0.15) is 5.56 Å². The summed E-state index contributed by atoms with van der Waals surface area (Å²) in [5.41, 5.74) is -6.53. The molecule has 0 spiro atoms. The maximum absolute atomic E-state index is 13.0. The summed E-state index contributed by atoms with van der Waals surface area (Å²) in [6, 6.07) is 3.96. The van der Waals surface area contributed by atoms with Crippen LogP contribution in [0.5, 0.6) is 0 Å². The lowest BCUT2D eigenvalue weighted by Crippen LogP contribution is -2.27. The second-order valence-electron chi connectivity index (χ2n) is 2.80. The molecular formula is C8H4F4NO3S-. The molecule has 0 aliphatic heterocycles. The van der Waals surface area contributed by atoms with E-state index in [0.717, 1.165) is 18.2 Å². The molecule has 0 aromatic heterocycles. The summed E-state index contributed by atoms with van der Waals surface area (Å²) < 4.78 is 71.6. The van der Waals surface area contributed by atoms with Gasteiger partial charge in [0, 0.05) is 11.5 Å². The Morgan fingerprint density at radius 2 is 1.76 bits per heavy atom. The molecule has 94 valence electrons. The number of alkyl halides is 3. The molecule has 17 heavy (non-hydrogen) atoms. The molecule has 0 aliphatic rings. The number of nitrogens with zero attached hydrogens (tertiary/aromatic N) is 1. The maximum atomic E-state index is 13.0. The van der Waals surface area contributed by atoms with Gasteiger partial charge in [-0.15, -0.1) is 0 Å². The molecule has 0 heterocycles. The summed E-state index contributed by atoms with van der Waals surface area (Å²) in [5, 5.41) is 11.0. The molecule has 0 saturated carbocycles. The first-order chi connectivity index (χ1) is 7.65. The quantitative estimate of drug-likeness (QED) is 0.453. The van der Waals surface area contributed by atoms with E-state index >= 15 is 0 Å². The van der Waals surface area contributed by atoms with Crippen molar-refractivity contribution in [1.82, 2.24) is 0 Å². The maximum Gasteiger partial charge on any atom is 0.518 e. The van der Waals surface area contributed by atoms with Crippen molar-refractivity contribution in [3.63, 3.8) is 0 Å². The van der Waals surface area contributed by atoms with Crippen molar-refractivity contribution in [1.29, 1.82) is 0 Å².